The van der Waals surface area contributed by atoms with Gasteiger partial charge in [-0.3, -0.25) is 0 Å². The topological polar surface area (TPSA) is 64.9 Å². The largest absolute Gasteiger partial charge is 0.414 e. The molecule has 1 aromatic heterocycles. The summed E-state index contributed by atoms with van der Waals surface area (Å²) in [6.07, 6.45) is 0.869. The molecule has 86 valence electrons. The molecule has 1 atom stereocenters. The van der Waals surface area contributed by atoms with Gasteiger partial charge in [0.1, 0.15) is 0 Å². The van der Waals surface area contributed by atoms with Crippen molar-refractivity contribution in [1.82, 2.24) is 10.2 Å². The van der Waals surface area contributed by atoms with E-state index in [1.165, 1.54) is 0 Å². The van der Waals surface area contributed by atoms with E-state index in [0.29, 0.717) is 22.3 Å². The van der Waals surface area contributed by atoms with E-state index in [4.69, 9.17) is 10.2 Å². The fourth-order valence-electron chi connectivity index (χ4n) is 1.23. The number of thioether (sulfide) groups is 1. The van der Waals surface area contributed by atoms with Gasteiger partial charge in [-0.15, -0.1) is 10.2 Å². The molecule has 0 aliphatic heterocycles. The van der Waals surface area contributed by atoms with Crippen LogP contribution in [-0.4, -0.2) is 15.4 Å². The van der Waals surface area contributed by atoms with E-state index >= 15 is 0 Å². The van der Waals surface area contributed by atoms with Crippen LogP contribution in [0.15, 0.2) is 9.64 Å². The summed E-state index contributed by atoms with van der Waals surface area (Å²) in [5.41, 5.74) is 5.93. The highest BCUT2D eigenvalue weighted by atomic mass is 32.2. The molecule has 0 aliphatic carbocycles. The van der Waals surface area contributed by atoms with Gasteiger partial charge in [0, 0.05) is 5.25 Å². The molecule has 0 saturated heterocycles. The van der Waals surface area contributed by atoms with Crippen LogP contribution in [0.5, 0.6) is 0 Å². The SMILES string of the molecule is CC(C)C[C@H](N)c1nnc(SC(C)C)o1. The molecule has 0 amide bonds. The Bertz CT molecular complexity index is 299. The zero-order valence-electron chi connectivity index (χ0n) is 9.73. The summed E-state index contributed by atoms with van der Waals surface area (Å²) in [5, 5.41) is 8.97. The maximum atomic E-state index is 5.93. The highest BCUT2D eigenvalue weighted by molar-refractivity contribution is 7.99. The lowest BCUT2D eigenvalue weighted by Crippen LogP contribution is -2.13. The first-order valence-corrected chi connectivity index (χ1v) is 6.12. The summed E-state index contributed by atoms with van der Waals surface area (Å²) >= 11 is 1.56. The Morgan fingerprint density at radius 1 is 1.27 bits per heavy atom. The zero-order valence-corrected chi connectivity index (χ0v) is 10.5. The van der Waals surface area contributed by atoms with Crippen LogP contribution in [0, 0.1) is 5.92 Å². The molecular formula is C10H19N3OS. The predicted molar refractivity (Wildman–Crippen MR) is 61.7 cm³/mol. The van der Waals surface area contributed by atoms with E-state index in [9.17, 15) is 0 Å². The lowest BCUT2D eigenvalue weighted by molar-refractivity contribution is 0.360. The van der Waals surface area contributed by atoms with E-state index in [-0.39, 0.29) is 6.04 Å². The van der Waals surface area contributed by atoms with Gasteiger partial charge in [-0.1, -0.05) is 39.5 Å². The average Bonchev–Trinajstić information content (AvgIpc) is 2.50. The second-order valence-corrected chi connectivity index (χ2v) is 5.84. The van der Waals surface area contributed by atoms with Crippen LogP contribution in [0.2, 0.25) is 0 Å². The molecule has 4 nitrogen and oxygen atoms in total. The van der Waals surface area contributed by atoms with Gasteiger partial charge in [0.15, 0.2) is 0 Å². The van der Waals surface area contributed by atoms with Crippen LogP contribution in [-0.2, 0) is 0 Å². The minimum absolute atomic E-state index is 0.140. The minimum atomic E-state index is -0.140. The molecule has 1 heterocycles. The highest BCUT2D eigenvalue weighted by Gasteiger charge is 2.16. The van der Waals surface area contributed by atoms with Crippen molar-refractivity contribution in [1.29, 1.82) is 0 Å². The number of hydrogen-bond acceptors (Lipinski definition) is 5. The molecule has 0 radical (unpaired) electrons. The first kappa shape index (κ1) is 12.5. The summed E-state index contributed by atoms with van der Waals surface area (Å²) in [7, 11) is 0. The van der Waals surface area contributed by atoms with Crippen molar-refractivity contribution >= 4 is 11.8 Å². The van der Waals surface area contributed by atoms with Crippen LogP contribution >= 0.6 is 11.8 Å². The van der Waals surface area contributed by atoms with E-state index in [2.05, 4.69) is 37.9 Å². The molecule has 1 rings (SSSR count). The van der Waals surface area contributed by atoms with Crippen molar-refractivity contribution in [3.63, 3.8) is 0 Å². The van der Waals surface area contributed by atoms with E-state index in [1.54, 1.807) is 11.8 Å². The van der Waals surface area contributed by atoms with Crippen molar-refractivity contribution in [2.75, 3.05) is 0 Å². The maximum absolute atomic E-state index is 5.93. The highest BCUT2D eigenvalue weighted by Crippen LogP contribution is 2.24. The molecule has 0 aromatic carbocycles. The molecule has 0 aliphatic rings. The number of aromatic nitrogens is 2. The fourth-order valence-corrected chi connectivity index (χ4v) is 1.85. The molecule has 0 bridgehead atoms. The van der Waals surface area contributed by atoms with Gasteiger partial charge in [0.05, 0.1) is 6.04 Å². The third kappa shape index (κ3) is 4.22. The predicted octanol–water partition coefficient (Wildman–Crippen LogP) is 2.62. The molecule has 0 spiro atoms. The van der Waals surface area contributed by atoms with Crippen molar-refractivity contribution in [2.45, 2.75) is 50.6 Å². The van der Waals surface area contributed by atoms with Crippen molar-refractivity contribution in [3.8, 4) is 0 Å². The summed E-state index contributed by atoms with van der Waals surface area (Å²) in [6.45, 7) is 8.42. The van der Waals surface area contributed by atoms with Gasteiger partial charge in [-0.2, -0.15) is 0 Å². The van der Waals surface area contributed by atoms with Crippen LogP contribution < -0.4 is 5.73 Å². The average molecular weight is 229 g/mol. The number of hydrogen-bond donors (Lipinski definition) is 1. The summed E-state index contributed by atoms with van der Waals surface area (Å²) in [5.74, 6) is 1.08. The van der Waals surface area contributed by atoms with Crippen LogP contribution in [0.4, 0.5) is 0 Å². The van der Waals surface area contributed by atoms with Crippen LogP contribution in [0.3, 0.4) is 0 Å². The minimum Gasteiger partial charge on any atom is -0.414 e. The van der Waals surface area contributed by atoms with Gasteiger partial charge in [-0.25, -0.2) is 0 Å². The first-order valence-electron chi connectivity index (χ1n) is 5.24. The zero-order chi connectivity index (χ0) is 11.4. The number of nitrogens with zero attached hydrogens (tertiary/aromatic N) is 2. The Balaban J connectivity index is 2.58. The molecule has 5 heteroatoms. The lowest BCUT2D eigenvalue weighted by atomic mass is 10.1. The molecular weight excluding hydrogens is 210 g/mol. The lowest BCUT2D eigenvalue weighted by Gasteiger charge is -2.08. The number of nitrogens with two attached hydrogens (primary N) is 1. The normalized spacial score (nSPS) is 13.8. The molecule has 15 heavy (non-hydrogen) atoms. The Kier molecular flexibility index (Phi) is 4.60. The van der Waals surface area contributed by atoms with E-state index in [1.807, 2.05) is 0 Å². The van der Waals surface area contributed by atoms with E-state index in [0.717, 1.165) is 6.42 Å². The Morgan fingerprint density at radius 3 is 2.47 bits per heavy atom. The fraction of sp³-hybridized carbons (Fsp3) is 0.800. The quantitative estimate of drug-likeness (QED) is 0.786. The first-order chi connectivity index (χ1) is 6.99. The summed E-state index contributed by atoms with van der Waals surface area (Å²) in [4.78, 5) is 0. The second kappa shape index (κ2) is 5.51. The molecule has 0 fully saturated rings. The smallest absolute Gasteiger partial charge is 0.276 e. The molecule has 2 N–H and O–H groups in total. The van der Waals surface area contributed by atoms with Gasteiger partial charge < -0.3 is 10.2 Å². The summed E-state index contributed by atoms with van der Waals surface area (Å²) in [6, 6.07) is -0.140. The molecule has 0 unspecified atom stereocenters. The van der Waals surface area contributed by atoms with Crippen molar-refractivity contribution in [2.24, 2.45) is 11.7 Å². The van der Waals surface area contributed by atoms with Crippen LogP contribution in [0.1, 0.15) is 46.0 Å². The van der Waals surface area contributed by atoms with Crippen LogP contribution in [0.25, 0.3) is 0 Å². The van der Waals surface area contributed by atoms with Gasteiger partial charge >= 0.3 is 0 Å². The van der Waals surface area contributed by atoms with Crippen molar-refractivity contribution < 1.29 is 4.42 Å². The van der Waals surface area contributed by atoms with Gasteiger partial charge in [0.2, 0.25) is 5.89 Å². The standard InChI is InChI=1S/C10H19N3OS/c1-6(2)5-8(11)9-12-13-10(14-9)15-7(3)4/h6-8H,5,11H2,1-4H3/t8-/m0/s1. The second-order valence-electron chi connectivity index (χ2n) is 4.31. The molecule has 0 saturated carbocycles. The Labute approximate surface area is 95.0 Å². The number of rotatable bonds is 5. The third-order valence-corrected chi connectivity index (χ3v) is 2.64. The third-order valence-electron chi connectivity index (χ3n) is 1.80. The Morgan fingerprint density at radius 2 is 1.93 bits per heavy atom. The van der Waals surface area contributed by atoms with Crippen molar-refractivity contribution in [3.05, 3.63) is 5.89 Å². The van der Waals surface area contributed by atoms with Gasteiger partial charge in [0.25, 0.3) is 5.22 Å². The monoisotopic (exact) mass is 229 g/mol. The Hall–Kier alpha value is -0.550. The van der Waals surface area contributed by atoms with E-state index < -0.39 is 0 Å². The summed E-state index contributed by atoms with van der Waals surface area (Å²) < 4.78 is 5.47. The molecule has 1 aromatic rings. The van der Waals surface area contributed by atoms with Gasteiger partial charge in [-0.05, 0) is 12.3 Å². The maximum Gasteiger partial charge on any atom is 0.276 e.